The van der Waals surface area contributed by atoms with E-state index in [2.05, 4.69) is 12.1 Å². The van der Waals surface area contributed by atoms with Gasteiger partial charge in [0.25, 0.3) is 0 Å². The molecule has 1 aliphatic heterocycles. The summed E-state index contributed by atoms with van der Waals surface area (Å²) in [6, 6.07) is 10.2. The molecule has 1 heterocycles. The molecule has 1 aromatic rings. The topological polar surface area (TPSA) is 40.5 Å². The number of hydrogen-bond donors (Lipinski definition) is 1. The Kier molecular flexibility index (Phi) is 5.11. The molecule has 1 saturated heterocycles. The monoisotopic (exact) mass is 293 g/mol. The lowest BCUT2D eigenvalue weighted by molar-refractivity contribution is -0.163. The van der Waals surface area contributed by atoms with Gasteiger partial charge in [-0.25, -0.2) is 0 Å². The van der Waals surface area contributed by atoms with E-state index in [-0.39, 0.29) is 11.8 Å². The largest absolute Gasteiger partial charge is 0.386 e. The highest BCUT2D eigenvalue weighted by atomic mass is 32.2. The fourth-order valence-corrected chi connectivity index (χ4v) is 3.12. The predicted octanol–water partition coefficient (Wildman–Crippen LogP) is 2.79. The molecule has 1 N–H and O–H groups in total. The molecule has 1 amide bonds. The number of rotatable bonds is 6. The molecule has 1 fully saturated rings. The van der Waals surface area contributed by atoms with Crippen molar-refractivity contribution < 1.29 is 9.90 Å². The van der Waals surface area contributed by atoms with Crippen molar-refractivity contribution in [3.05, 3.63) is 30.3 Å². The molecule has 0 radical (unpaired) electrons. The molecule has 1 aromatic carbocycles. The third kappa shape index (κ3) is 3.76. The first-order chi connectivity index (χ1) is 9.51. The normalized spacial score (nSPS) is 17.1. The Morgan fingerprint density at radius 1 is 1.35 bits per heavy atom. The zero-order valence-electron chi connectivity index (χ0n) is 12.2. The summed E-state index contributed by atoms with van der Waals surface area (Å²) in [4.78, 5) is 15.0. The number of carbonyl (C=O) groups excluding carboxylic acids is 1. The molecule has 0 bridgehead atoms. The molecule has 0 unspecified atom stereocenters. The van der Waals surface area contributed by atoms with Crippen LogP contribution in [0.3, 0.4) is 0 Å². The minimum Gasteiger partial charge on any atom is -0.386 e. The quantitative estimate of drug-likeness (QED) is 0.647. The summed E-state index contributed by atoms with van der Waals surface area (Å²) in [5.41, 5.74) is -0.658. The van der Waals surface area contributed by atoms with E-state index in [1.54, 1.807) is 16.7 Å². The Morgan fingerprint density at radius 2 is 2.00 bits per heavy atom. The van der Waals surface area contributed by atoms with Crippen molar-refractivity contribution in [1.82, 2.24) is 4.90 Å². The van der Waals surface area contributed by atoms with E-state index in [4.69, 9.17) is 0 Å². The van der Waals surface area contributed by atoms with Gasteiger partial charge in [-0.05, 0) is 30.2 Å². The van der Waals surface area contributed by atoms with Crippen LogP contribution >= 0.6 is 11.8 Å². The maximum atomic E-state index is 12.0. The van der Waals surface area contributed by atoms with Gasteiger partial charge in [-0.1, -0.05) is 32.0 Å². The first-order valence-corrected chi connectivity index (χ1v) is 8.18. The van der Waals surface area contributed by atoms with Gasteiger partial charge in [0, 0.05) is 11.3 Å². The fraction of sp³-hybridized carbons (Fsp3) is 0.562. The number of aliphatic hydroxyl groups is 1. The molecule has 0 atom stereocenters. The van der Waals surface area contributed by atoms with Gasteiger partial charge >= 0.3 is 0 Å². The molecule has 0 aromatic heterocycles. The summed E-state index contributed by atoms with van der Waals surface area (Å²) >= 11 is 1.78. The van der Waals surface area contributed by atoms with Crippen LogP contribution in [0.1, 0.15) is 26.7 Å². The lowest BCUT2D eigenvalue weighted by atomic mass is 9.83. The van der Waals surface area contributed by atoms with E-state index < -0.39 is 5.60 Å². The second kappa shape index (κ2) is 6.64. The maximum absolute atomic E-state index is 12.0. The predicted molar refractivity (Wildman–Crippen MR) is 82.8 cm³/mol. The van der Waals surface area contributed by atoms with Gasteiger partial charge in [0.15, 0.2) is 0 Å². The van der Waals surface area contributed by atoms with Crippen LogP contribution in [-0.4, -0.2) is 40.4 Å². The molecule has 0 spiro atoms. The van der Waals surface area contributed by atoms with Crippen molar-refractivity contribution in [2.24, 2.45) is 5.92 Å². The number of hydrogen-bond acceptors (Lipinski definition) is 3. The molecule has 0 aliphatic carbocycles. The zero-order chi connectivity index (χ0) is 14.6. The molecule has 20 heavy (non-hydrogen) atoms. The van der Waals surface area contributed by atoms with E-state index in [0.29, 0.717) is 19.5 Å². The van der Waals surface area contributed by atoms with E-state index in [1.807, 2.05) is 32.0 Å². The smallest absolute Gasteiger partial charge is 0.222 e. The van der Waals surface area contributed by atoms with Crippen molar-refractivity contribution in [3.63, 3.8) is 0 Å². The van der Waals surface area contributed by atoms with Crippen LogP contribution in [0.5, 0.6) is 0 Å². The number of thioether (sulfide) groups is 1. The van der Waals surface area contributed by atoms with Gasteiger partial charge < -0.3 is 10.0 Å². The Bertz CT molecular complexity index is 441. The molecular weight excluding hydrogens is 270 g/mol. The number of benzene rings is 1. The number of carbonyl (C=O) groups is 1. The molecular formula is C16H23NO2S. The van der Waals surface area contributed by atoms with Crippen molar-refractivity contribution in [2.45, 2.75) is 37.2 Å². The van der Waals surface area contributed by atoms with Crippen molar-refractivity contribution in [3.8, 4) is 0 Å². The molecule has 110 valence electrons. The number of β-amino-alcohol motifs (C(OH)–C–C–N with tert-alkyl or cyclic N) is 1. The third-order valence-corrected chi connectivity index (χ3v) is 5.00. The highest BCUT2D eigenvalue weighted by Gasteiger charge is 2.45. The highest BCUT2D eigenvalue weighted by Crippen LogP contribution is 2.29. The molecule has 1 aliphatic rings. The standard InChI is InChI=1S/C16H23NO2S/c1-13(2)16(19)11-17(12-16)15(18)9-6-10-20-14-7-4-3-5-8-14/h3-5,7-8,13,19H,6,9-12H2,1-2H3. The molecule has 3 nitrogen and oxygen atoms in total. The van der Waals surface area contributed by atoms with Crippen LogP contribution in [-0.2, 0) is 4.79 Å². The van der Waals surface area contributed by atoms with Crippen LogP contribution in [0.4, 0.5) is 0 Å². The van der Waals surface area contributed by atoms with Gasteiger partial charge in [0.05, 0.1) is 13.1 Å². The molecule has 4 heteroatoms. The summed E-state index contributed by atoms with van der Waals surface area (Å²) < 4.78 is 0. The van der Waals surface area contributed by atoms with Gasteiger partial charge in [0.2, 0.25) is 5.91 Å². The van der Waals surface area contributed by atoms with Crippen LogP contribution in [0.15, 0.2) is 35.2 Å². The van der Waals surface area contributed by atoms with Gasteiger partial charge in [-0.15, -0.1) is 11.8 Å². The second-order valence-corrected chi connectivity index (χ2v) is 6.94. The van der Waals surface area contributed by atoms with Crippen molar-refractivity contribution in [2.75, 3.05) is 18.8 Å². The first-order valence-electron chi connectivity index (χ1n) is 7.19. The van der Waals surface area contributed by atoms with Crippen molar-refractivity contribution >= 4 is 17.7 Å². The minimum absolute atomic E-state index is 0.170. The Morgan fingerprint density at radius 3 is 2.60 bits per heavy atom. The average molecular weight is 293 g/mol. The van der Waals surface area contributed by atoms with Crippen LogP contribution < -0.4 is 0 Å². The third-order valence-electron chi connectivity index (χ3n) is 3.90. The van der Waals surface area contributed by atoms with E-state index in [1.165, 1.54) is 4.90 Å². The Labute approximate surface area is 125 Å². The fourth-order valence-electron chi connectivity index (χ4n) is 2.24. The van der Waals surface area contributed by atoms with Crippen LogP contribution in [0.25, 0.3) is 0 Å². The number of nitrogens with zero attached hydrogens (tertiary/aromatic N) is 1. The maximum Gasteiger partial charge on any atom is 0.222 e. The zero-order valence-corrected chi connectivity index (χ0v) is 13.0. The number of amides is 1. The minimum atomic E-state index is -0.658. The summed E-state index contributed by atoms with van der Waals surface area (Å²) in [5.74, 6) is 1.34. The summed E-state index contributed by atoms with van der Waals surface area (Å²) in [7, 11) is 0. The lowest BCUT2D eigenvalue weighted by Crippen LogP contribution is -2.65. The van der Waals surface area contributed by atoms with Crippen LogP contribution in [0.2, 0.25) is 0 Å². The summed E-state index contributed by atoms with van der Waals surface area (Å²) in [6.07, 6.45) is 1.46. The van der Waals surface area contributed by atoms with Crippen molar-refractivity contribution in [1.29, 1.82) is 0 Å². The lowest BCUT2D eigenvalue weighted by Gasteiger charge is -2.49. The van der Waals surface area contributed by atoms with E-state index in [0.717, 1.165) is 12.2 Å². The van der Waals surface area contributed by atoms with E-state index >= 15 is 0 Å². The second-order valence-electron chi connectivity index (χ2n) is 5.77. The Hall–Kier alpha value is -1.00. The van der Waals surface area contributed by atoms with Gasteiger partial charge in [-0.3, -0.25) is 4.79 Å². The van der Waals surface area contributed by atoms with Crippen LogP contribution in [0, 0.1) is 5.92 Å². The Balaban J connectivity index is 1.62. The number of likely N-dealkylation sites (tertiary alicyclic amines) is 1. The van der Waals surface area contributed by atoms with Gasteiger partial charge in [-0.2, -0.15) is 0 Å². The summed E-state index contributed by atoms with van der Waals surface area (Å²) in [6.45, 7) is 4.99. The summed E-state index contributed by atoms with van der Waals surface area (Å²) in [5, 5.41) is 10.1. The SMILES string of the molecule is CC(C)C1(O)CN(C(=O)CCCSc2ccccc2)C1. The molecule has 2 rings (SSSR count). The van der Waals surface area contributed by atoms with E-state index in [9.17, 15) is 9.90 Å². The highest BCUT2D eigenvalue weighted by molar-refractivity contribution is 7.99. The average Bonchev–Trinajstić information content (AvgIpc) is 2.40. The molecule has 0 saturated carbocycles. The van der Waals surface area contributed by atoms with Gasteiger partial charge in [0.1, 0.15) is 5.60 Å². The first kappa shape index (κ1) is 15.4.